The smallest absolute Gasteiger partial charge is 0.411 e. The number of ether oxygens (including phenoxy) is 1. The van der Waals surface area contributed by atoms with Gasteiger partial charge in [-0.15, -0.1) is 0 Å². The van der Waals surface area contributed by atoms with Gasteiger partial charge >= 0.3 is 6.09 Å². The number of hydrogen-bond donors (Lipinski definition) is 1. The van der Waals surface area contributed by atoms with Gasteiger partial charge in [0.05, 0.1) is 16.2 Å². The third kappa shape index (κ3) is 4.85. The first-order valence-corrected chi connectivity index (χ1v) is 12.0. The highest BCUT2D eigenvalue weighted by Crippen LogP contribution is 2.36. The van der Waals surface area contributed by atoms with Crippen LogP contribution in [-0.4, -0.2) is 54.3 Å². The van der Waals surface area contributed by atoms with E-state index in [-0.39, 0.29) is 17.9 Å². The maximum Gasteiger partial charge on any atom is 0.411 e. The van der Waals surface area contributed by atoms with Crippen molar-refractivity contribution in [1.82, 2.24) is 10.2 Å². The molecule has 2 atom stereocenters. The Labute approximate surface area is 183 Å². The van der Waals surface area contributed by atoms with Gasteiger partial charge in [-0.1, -0.05) is 25.1 Å². The van der Waals surface area contributed by atoms with Crippen molar-refractivity contribution in [3.05, 3.63) is 29.8 Å². The van der Waals surface area contributed by atoms with E-state index in [2.05, 4.69) is 11.4 Å². The Hall–Kier alpha value is -2.60. The van der Waals surface area contributed by atoms with Crippen molar-refractivity contribution in [2.45, 2.75) is 80.7 Å². The van der Waals surface area contributed by atoms with Crippen molar-refractivity contribution in [3.8, 4) is 6.07 Å². The summed E-state index contributed by atoms with van der Waals surface area (Å²) in [6.45, 7) is 6.85. The summed E-state index contributed by atoms with van der Waals surface area (Å²) in [5, 5.41) is 11.1. The molecule has 2 fully saturated rings. The maximum absolute atomic E-state index is 13.4. The van der Waals surface area contributed by atoms with Gasteiger partial charge in [-0.3, -0.25) is 9.69 Å². The summed E-state index contributed by atoms with van der Waals surface area (Å²) in [5.74, 6) is -0.522. The highest BCUT2D eigenvalue weighted by molar-refractivity contribution is 7.92. The zero-order valence-corrected chi connectivity index (χ0v) is 19.2. The fraction of sp³-hybridized carbons (Fsp3) is 0.591. The van der Waals surface area contributed by atoms with E-state index in [0.29, 0.717) is 24.8 Å². The minimum Gasteiger partial charge on any atom is -0.444 e. The van der Waals surface area contributed by atoms with Gasteiger partial charge < -0.3 is 10.1 Å². The van der Waals surface area contributed by atoms with Crippen molar-refractivity contribution in [2.24, 2.45) is 0 Å². The number of carbonyl (C=O) groups is 2. The number of rotatable bonds is 5. The molecular weight excluding hydrogens is 418 g/mol. The standard InChI is InChI=1S/C22H29N3O5S/c1-5-15-8-6-7-9-18(15)31(28,29)16-12-17(19(26)24-22(14-23)10-11-22)25(13-16)20(27)30-21(2,3)4/h6-9,16-17H,5,10-13H2,1-4H3,(H,24,26)/t16-,17+/m1/s1. The molecule has 1 saturated heterocycles. The summed E-state index contributed by atoms with van der Waals surface area (Å²) < 4.78 is 32.3. The Morgan fingerprint density at radius 2 is 1.94 bits per heavy atom. The topological polar surface area (TPSA) is 117 Å². The number of nitrogens with one attached hydrogen (secondary N) is 1. The quantitative estimate of drug-likeness (QED) is 0.741. The second-order valence-corrected chi connectivity index (χ2v) is 11.4. The number of benzene rings is 1. The lowest BCUT2D eigenvalue weighted by atomic mass is 10.1. The Morgan fingerprint density at radius 1 is 1.29 bits per heavy atom. The molecule has 9 heteroatoms. The van der Waals surface area contributed by atoms with Crippen molar-refractivity contribution in [3.63, 3.8) is 0 Å². The molecule has 1 aromatic carbocycles. The molecular formula is C22H29N3O5S. The van der Waals surface area contributed by atoms with Crippen LogP contribution >= 0.6 is 0 Å². The SMILES string of the molecule is CCc1ccccc1S(=O)(=O)[C@@H]1C[C@@H](C(=O)NC2(C#N)CC2)N(C(=O)OC(C)(C)C)C1. The molecule has 1 aromatic rings. The summed E-state index contributed by atoms with van der Waals surface area (Å²) in [4.78, 5) is 27.2. The zero-order valence-electron chi connectivity index (χ0n) is 18.3. The lowest BCUT2D eigenvalue weighted by Crippen LogP contribution is -2.50. The van der Waals surface area contributed by atoms with Crippen LogP contribution in [0, 0.1) is 11.3 Å². The molecule has 1 heterocycles. The van der Waals surface area contributed by atoms with E-state index in [1.165, 1.54) is 4.90 Å². The van der Waals surface area contributed by atoms with Crippen molar-refractivity contribution >= 4 is 21.8 Å². The molecule has 2 amide bonds. The molecule has 1 aliphatic carbocycles. The van der Waals surface area contributed by atoms with E-state index < -0.39 is 44.3 Å². The second-order valence-electron chi connectivity index (χ2n) is 9.20. The first kappa shape index (κ1) is 23.1. The minimum absolute atomic E-state index is 0.0486. The molecule has 3 rings (SSSR count). The van der Waals surface area contributed by atoms with Gasteiger partial charge in [-0.2, -0.15) is 5.26 Å². The molecule has 168 valence electrons. The number of aryl methyl sites for hydroxylation is 1. The van der Waals surface area contributed by atoms with Crippen LogP contribution in [0.1, 0.15) is 52.5 Å². The third-order valence-corrected chi connectivity index (χ3v) is 7.85. The normalized spacial score (nSPS) is 22.5. The molecule has 1 aliphatic heterocycles. The largest absolute Gasteiger partial charge is 0.444 e. The summed E-state index contributed by atoms with van der Waals surface area (Å²) >= 11 is 0. The molecule has 31 heavy (non-hydrogen) atoms. The van der Waals surface area contributed by atoms with E-state index in [1.54, 1.807) is 45.0 Å². The number of amides is 2. The number of hydrogen-bond acceptors (Lipinski definition) is 6. The number of nitrogens with zero attached hydrogens (tertiary/aromatic N) is 2. The highest BCUT2D eigenvalue weighted by Gasteiger charge is 2.51. The first-order valence-electron chi connectivity index (χ1n) is 10.5. The first-order chi connectivity index (χ1) is 14.4. The fourth-order valence-corrected chi connectivity index (χ4v) is 5.75. The molecule has 1 saturated carbocycles. The Morgan fingerprint density at radius 3 is 2.48 bits per heavy atom. The minimum atomic E-state index is -3.79. The van der Waals surface area contributed by atoms with E-state index in [4.69, 9.17) is 4.74 Å². The van der Waals surface area contributed by atoms with Crippen molar-refractivity contribution < 1.29 is 22.7 Å². The second kappa shape index (κ2) is 8.15. The lowest BCUT2D eigenvalue weighted by molar-refractivity contribution is -0.126. The number of likely N-dealkylation sites (tertiary alicyclic amines) is 1. The molecule has 0 radical (unpaired) electrons. The summed E-state index contributed by atoms with van der Waals surface area (Å²) in [6, 6.07) is 7.85. The van der Waals surface area contributed by atoms with Crippen LogP contribution in [-0.2, 0) is 25.8 Å². The summed E-state index contributed by atoms with van der Waals surface area (Å²) in [7, 11) is -3.79. The number of carbonyl (C=O) groups excluding carboxylic acids is 2. The van der Waals surface area contributed by atoms with Crippen LogP contribution in [0.15, 0.2) is 29.2 Å². The van der Waals surface area contributed by atoms with Gasteiger partial charge in [-0.05, 0) is 58.1 Å². The van der Waals surface area contributed by atoms with E-state index >= 15 is 0 Å². The Balaban J connectivity index is 1.91. The van der Waals surface area contributed by atoms with Crippen molar-refractivity contribution in [2.75, 3.05) is 6.54 Å². The number of sulfone groups is 1. The van der Waals surface area contributed by atoms with Crippen LogP contribution in [0.2, 0.25) is 0 Å². The third-order valence-electron chi connectivity index (χ3n) is 5.62. The van der Waals surface area contributed by atoms with Gasteiger partial charge in [-0.25, -0.2) is 13.2 Å². The average Bonchev–Trinajstić information content (AvgIpc) is 3.31. The lowest BCUT2D eigenvalue weighted by Gasteiger charge is -2.28. The molecule has 0 aromatic heterocycles. The van der Waals surface area contributed by atoms with Crippen LogP contribution in [0.25, 0.3) is 0 Å². The van der Waals surface area contributed by atoms with Gasteiger partial charge in [0.25, 0.3) is 0 Å². The zero-order chi connectivity index (χ0) is 23.0. The average molecular weight is 448 g/mol. The van der Waals surface area contributed by atoms with Crippen LogP contribution in [0.3, 0.4) is 0 Å². The maximum atomic E-state index is 13.4. The van der Waals surface area contributed by atoms with Crippen molar-refractivity contribution in [1.29, 1.82) is 5.26 Å². The monoisotopic (exact) mass is 447 g/mol. The Bertz CT molecular complexity index is 1020. The molecule has 0 unspecified atom stereocenters. The van der Waals surface area contributed by atoms with Gasteiger partial charge in [0.15, 0.2) is 9.84 Å². The molecule has 8 nitrogen and oxygen atoms in total. The molecule has 2 aliphatic rings. The predicted molar refractivity (Wildman–Crippen MR) is 114 cm³/mol. The van der Waals surface area contributed by atoms with E-state index in [9.17, 15) is 23.3 Å². The van der Waals surface area contributed by atoms with Crippen LogP contribution < -0.4 is 5.32 Å². The fourth-order valence-electron chi connectivity index (χ4n) is 3.76. The van der Waals surface area contributed by atoms with Gasteiger partial charge in [0.2, 0.25) is 5.91 Å². The van der Waals surface area contributed by atoms with E-state index in [1.807, 2.05) is 6.92 Å². The van der Waals surface area contributed by atoms with E-state index in [0.717, 1.165) is 0 Å². The summed E-state index contributed by atoms with van der Waals surface area (Å²) in [5.41, 5.74) is -1.02. The molecule has 0 bridgehead atoms. The number of nitriles is 1. The molecule has 1 N–H and O–H groups in total. The molecule has 0 spiro atoms. The van der Waals surface area contributed by atoms with Gasteiger partial charge in [0.1, 0.15) is 17.2 Å². The van der Waals surface area contributed by atoms with Crippen LogP contribution in [0.4, 0.5) is 4.79 Å². The van der Waals surface area contributed by atoms with Gasteiger partial charge in [0, 0.05) is 6.54 Å². The Kier molecular flexibility index (Phi) is 6.07. The van der Waals surface area contributed by atoms with Crippen LogP contribution in [0.5, 0.6) is 0 Å². The predicted octanol–water partition coefficient (Wildman–Crippen LogP) is 2.57. The summed E-state index contributed by atoms with van der Waals surface area (Å²) in [6.07, 6.45) is 0.843. The highest BCUT2D eigenvalue weighted by atomic mass is 32.2.